The van der Waals surface area contributed by atoms with E-state index in [2.05, 4.69) is 49.3 Å². The zero-order chi connectivity index (χ0) is 13.0. The van der Waals surface area contributed by atoms with Gasteiger partial charge in [0, 0.05) is 19.3 Å². The van der Waals surface area contributed by atoms with Crippen molar-refractivity contribution in [2.45, 2.75) is 33.1 Å². The molecule has 2 rings (SSSR count). The number of hydrogen-bond donors (Lipinski definition) is 1. The van der Waals surface area contributed by atoms with Gasteiger partial charge in [0.25, 0.3) is 0 Å². The van der Waals surface area contributed by atoms with Crippen LogP contribution in [0.4, 0.5) is 5.69 Å². The quantitative estimate of drug-likeness (QED) is 0.859. The Morgan fingerprint density at radius 3 is 2.89 bits per heavy atom. The number of hydrogen-bond acceptors (Lipinski definition) is 2. The standard InChI is InChI=1S/C16H26N2/c1-4-15-7-5-6-13(2)16(15)18(3)11-9-14-8-10-17-12-14/h5-7,14,17H,4,8-12H2,1-3H3. The minimum Gasteiger partial charge on any atom is -0.374 e. The number of benzene rings is 1. The van der Waals surface area contributed by atoms with Crippen molar-refractivity contribution in [2.24, 2.45) is 5.92 Å². The Balaban J connectivity index is 2.01. The SMILES string of the molecule is CCc1cccc(C)c1N(C)CCC1CCNC1. The molecule has 18 heavy (non-hydrogen) atoms. The van der Waals surface area contributed by atoms with Crippen LogP contribution in [0.25, 0.3) is 0 Å². The summed E-state index contributed by atoms with van der Waals surface area (Å²) in [7, 11) is 2.24. The van der Waals surface area contributed by atoms with Gasteiger partial charge in [-0.3, -0.25) is 0 Å². The molecule has 0 aliphatic carbocycles. The maximum absolute atomic E-state index is 3.45. The molecule has 1 N–H and O–H groups in total. The lowest BCUT2D eigenvalue weighted by molar-refractivity contribution is 0.533. The Morgan fingerprint density at radius 1 is 1.39 bits per heavy atom. The van der Waals surface area contributed by atoms with Crippen LogP contribution in [0.3, 0.4) is 0 Å². The molecule has 1 fully saturated rings. The Kier molecular flexibility index (Phi) is 4.65. The first kappa shape index (κ1) is 13.4. The summed E-state index contributed by atoms with van der Waals surface area (Å²) in [6, 6.07) is 6.66. The van der Waals surface area contributed by atoms with Crippen LogP contribution in [-0.4, -0.2) is 26.7 Å². The first-order valence-corrected chi connectivity index (χ1v) is 7.22. The molecular weight excluding hydrogens is 220 g/mol. The van der Waals surface area contributed by atoms with E-state index < -0.39 is 0 Å². The van der Waals surface area contributed by atoms with Gasteiger partial charge in [-0.25, -0.2) is 0 Å². The molecule has 1 heterocycles. The predicted octanol–water partition coefficient (Wildman–Crippen LogP) is 2.99. The topological polar surface area (TPSA) is 15.3 Å². The smallest absolute Gasteiger partial charge is 0.0425 e. The van der Waals surface area contributed by atoms with Crippen molar-refractivity contribution < 1.29 is 0 Å². The number of anilines is 1. The van der Waals surface area contributed by atoms with Gasteiger partial charge in [-0.15, -0.1) is 0 Å². The van der Waals surface area contributed by atoms with E-state index in [1.807, 2.05) is 0 Å². The third-order valence-electron chi connectivity index (χ3n) is 4.12. The second-order valence-corrected chi connectivity index (χ2v) is 5.51. The highest BCUT2D eigenvalue weighted by molar-refractivity contribution is 5.58. The van der Waals surface area contributed by atoms with E-state index in [-0.39, 0.29) is 0 Å². The zero-order valence-corrected chi connectivity index (χ0v) is 12.0. The van der Waals surface area contributed by atoms with Crippen molar-refractivity contribution in [3.63, 3.8) is 0 Å². The van der Waals surface area contributed by atoms with Gasteiger partial charge in [-0.2, -0.15) is 0 Å². The molecule has 1 aromatic rings. The lowest BCUT2D eigenvalue weighted by Crippen LogP contribution is -2.23. The molecule has 100 valence electrons. The molecule has 2 heteroatoms. The average Bonchev–Trinajstić information content (AvgIpc) is 2.88. The molecule has 1 atom stereocenters. The molecule has 0 saturated carbocycles. The summed E-state index contributed by atoms with van der Waals surface area (Å²) < 4.78 is 0. The minimum absolute atomic E-state index is 0.876. The van der Waals surface area contributed by atoms with Gasteiger partial charge in [0.15, 0.2) is 0 Å². The maximum atomic E-state index is 3.45. The molecule has 1 aliphatic heterocycles. The molecule has 1 aromatic carbocycles. The van der Waals surface area contributed by atoms with E-state index in [9.17, 15) is 0 Å². The summed E-state index contributed by atoms with van der Waals surface area (Å²) in [5, 5.41) is 3.45. The molecule has 0 bridgehead atoms. The Morgan fingerprint density at radius 2 is 2.22 bits per heavy atom. The second-order valence-electron chi connectivity index (χ2n) is 5.51. The van der Waals surface area contributed by atoms with E-state index in [1.54, 1.807) is 0 Å². The second kappa shape index (κ2) is 6.24. The van der Waals surface area contributed by atoms with E-state index in [1.165, 1.54) is 49.3 Å². The molecule has 1 aliphatic rings. The third-order valence-corrected chi connectivity index (χ3v) is 4.12. The zero-order valence-electron chi connectivity index (χ0n) is 12.0. The monoisotopic (exact) mass is 246 g/mol. The first-order valence-electron chi connectivity index (χ1n) is 7.22. The Hall–Kier alpha value is -1.02. The summed E-state index contributed by atoms with van der Waals surface area (Å²) >= 11 is 0. The van der Waals surface area contributed by atoms with Crippen molar-refractivity contribution in [1.29, 1.82) is 0 Å². The van der Waals surface area contributed by atoms with E-state index >= 15 is 0 Å². The normalized spacial score (nSPS) is 19.2. The van der Waals surface area contributed by atoms with Crippen molar-refractivity contribution in [3.05, 3.63) is 29.3 Å². The number of nitrogens with one attached hydrogen (secondary N) is 1. The summed E-state index contributed by atoms with van der Waals surface area (Å²) in [5.41, 5.74) is 4.33. The van der Waals surface area contributed by atoms with Gasteiger partial charge in [0.1, 0.15) is 0 Å². The van der Waals surface area contributed by atoms with E-state index in [4.69, 9.17) is 0 Å². The number of nitrogens with zero attached hydrogens (tertiary/aromatic N) is 1. The van der Waals surface area contributed by atoms with Crippen LogP contribution in [0.5, 0.6) is 0 Å². The van der Waals surface area contributed by atoms with E-state index in [0.29, 0.717) is 0 Å². The highest BCUT2D eigenvalue weighted by Crippen LogP contribution is 2.25. The third kappa shape index (κ3) is 3.05. The van der Waals surface area contributed by atoms with Gasteiger partial charge in [-0.1, -0.05) is 25.1 Å². The minimum atomic E-state index is 0.876. The van der Waals surface area contributed by atoms with Crippen molar-refractivity contribution in [1.82, 2.24) is 5.32 Å². The lowest BCUT2D eigenvalue weighted by Gasteiger charge is -2.25. The number of aryl methyl sites for hydroxylation is 2. The highest BCUT2D eigenvalue weighted by atomic mass is 15.1. The van der Waals surface area contributed by atoms with Crippen LogP contribution in [0.2, 0.25) is 0 Å². The fourth-order valence-electron chi connectivity index (χ4n) is 3.00. The van der Waals surface area contributed by atoms with Gasteiger partial charge in [0.2, 0.25) is 0 Å². The van der Waals surface area contributed by atoms with Crippen molar-refractivity contribution >= 4 is 5.69 Å². The fraction of sp³-hybridized carbons (Fsp3) is 0.625. The predicted molar refractivity (Wildman–Crippen MR) is 79.4 cm³/mol. The highest BCUT2D eigenvalue weighted by Gasteiger charge is 2.16. The molecule has 0 amide bonds. The van der Waals surface area contributed by atoms with Crippen LogP contribution in [0.1, 0.15) is 30.9 Å². The Labute approximate surface area is 111 Å². The molecular formula is C16H26N2. The molecule has 0 aromatic heterocycles. The first-order chi connectivity index (χ1) is 8.72. The molecule has 0 radical (unpaired) electrons. The fourth-order valence-corrected chi connectivity index (χ4v) is 3.00. The van der Waals surface area contributed by atoms with Gasteiger partial charge < -0.3 is 10.2 Å². The van der Waals surface area contributed by atoms with Gasteiger partial charge in [-0.05, 0) is 56.3 Å². The summed E-state index contributed by atoms with van der Waals surface area (Å²) in [5.74, 6) is 0.876. The lowest BCUT2D eigenvalue weighted by atomic mass is 10.0. The van der Waals surface area contributed by atoms with Crippen LogP contribution < -0.4 is 10.2 Å². The van der Waals surface area contributed by atoms with Crippen LogP contribution in [0, 0.1) is 12.8 Å². The van der Waals surface area contributed by atoms with Crippen molar-refractivity contribution in [2.75, 3.05) is 31.6 Å². The van der Waals surface area contributed by atoms with Crippen LogP contribution >= 0.6 is 0 Å². The largest absolute Gasteiger partial charge is 0.374 e. The summed E-state index contributed by atoms with van der Waals surface area (Å²) in [4.78, 5) is 2.45. The number of rotatable bonds is 5. The van der Waals surface area contributed by atoms with Gasteiger partial charge in [0.05, 0.1) is 0 Å². The molecule has 2 nitrogen and oxygen atoms in total. The Bertz CT molecular complexity index is 381. The average molecular weight is 246 g/mol. The molecule has 1 unspecified atom stereocenters. The van der Waals surface area contributed by atoms with Gasteiger partial charge >= 0.3 is 0 Å². The van der Waals surface area contributed by atoms with Crippen LogP contribution in [-0.2, 0) is 6.42 Å². The van der Waals surface area contributed by atoms with Crippen LogP contribution in [0.15, 0.2) is 18.2 Å². The number of para-hydroxylation sites is 1. The molecule has 0 spiro atoms. The maximum Gasteiger partial charge on any atom is 0.0425 e. The van der Waals surface area contributed by atoms with Crippen molar-refractivity contribution in [3.8, 4) is 0 Å². The summed E-state index contributed by atoms with van der Waals surface area (Å²) in [6.07, 6.45) is 3.77. The molecule has 1 saturated heterocycles. The summed E-state index contributed by atoms with van der Waals surface area (Å²) in [6.45, 7) is 8.06. The van der Waals surface area contributed by atoms with E-state index in [0.717, 1.165) is 12.3 Å².